The Morgan fingerprint density at radius 2 is 2.35 bits per heavy atom. The van der Waals surface area contributed by atoms with Crippen molar-refractivity contribution in [2.24, 2.45) is 5.92 Å². The molecule has 1 aromatic heterocycles. The van der Waals surface area contributed by atoms with E-state index in [2.05, 4.69) is 18.9 Å². The van der Waals surface area contributed by atoms with Crippen LogP contribution in [0.5, 0.6) is 0 Å². The third kappa shape index (κ3) is 4.18. The van der Waals surface area contributed by atoms with Gasteiger partial charge in [0.05, 0.1) is 0 Å². The molecular weight excluding hydrogens is 270 g/mol. The predicted octanol–water partition coefficient (Wildman–Crippen LogP) is 3.86. The van der Waals surface area contributed by atoms with Crippen molar-refractivity contribution in [3.8, 4) is 0 Å². The second-order valence-corrected chi connectivity index (χ2v) is 6.81. The number of nitrogens with zero attached hydrogens (tertiary/aromatic N) is 1. The first-order chi connectivity index (χ1) is 9.56. The van der Waals surface area contributed by atoms with E-state index < -0.39 is 5.97 Å². The van der Waals surface area contributed by atoms with Crippen LogP contribution in [0.25, 0.3) is 6.08 Å². The van der Waals surface area contributed by atoms with Crippen LogP contribution in [-0.2, 0) is 11.3 Å². The smallest absolute Gasteiger partial charge is 0.328 e. The third-order valence-corrected chi connectivity index (χ3v) is 5.03. The fraction of sp³-hybridized carbons (Fsp3) is 0.562. The van der Waals surface area contributed by atoms with E-state index in [0.29, 0.717) is 6.04 Å². The average molecular weight is 293 g/mol. The number of hydrogen-bond acceptors (Lipinski definition) is 3. The molecule has 20 heavy (non-hydrogen) atoms. The summed E-state index contributed by atoms with van der Waals surface area (Å²) in [5.74, 6) is -0.0671. The highest BCUT2D eigenvalue weighted by Crippen LogP contribution is 2.29. The number of carboxylic acid groups (broad SMARTS) is 1. The lowest BCUT2D eigenvalue weighted by Gasteiger charge is -2.34. The molecule has 1 N–H and O–H groups in total. The van der Waals surface area contributed by atoms with Crippen molar-refractivity contribution in [1.82, 2.24) is 4.90 Å². The molecule has 1 aromatic rings. The van der Waals surface area contributed by atoms with Crippen molar-refractivity contribution in [3.05, 3.63) is 28.0 Å². The standard InChI is InChI=1S/C16H23NO2S/c1-12-4-3-5-14(10-12)17(2)11-15-13(8-9-20-15)6-7-16(18)19/h6-9,12,14H,3-5,10-11H2,1-2H3,(H,18,19). The van der Waals surface area contributed by atoms with E-state index >= 15 is 0 Å². The van der Waals surface area contributed by atoms with Gasteiger partial charge < -0.3 is 5.11 Å². The maximum absolute atomic E-state index is 10.6. The highest BCUT2D eigenvalue weighted by molar-refractivity contribution is 7.10. The molecule has 1 heterocycles. The van der Waals surface area contributed by atoms with Crippen molar-refractivity contribution < 1.29 is 9.90 Å². The van der Waals surface area contributed by atoms with Crippen LogP contribution in [0.4, 0.5) is 0 Å². The summed E-state index contributed by atoms with van der Waals surface area (Å²) < 4.78 is 0. The molecule has 0 bridgehead atoms. The monoisotopic (exact) mass is 293 g/mol. The Morgan fingerprint density at radius 3 is 3.05 bits per heavy atom. The quantitative estimate of drug-likeness (QED) is 0.838. The van der Waals surface area contributed by atoms with E-state index in [9.17, 15) is 4.79 Å². The van der Waals surface area contributed by atoms with Gasteiger partial charge in [-0.1, -0.05) is 19.8 Å². The maximum Gasteiger partial charge on any atom is 0.328 e. The van der Waals surface area contributed by atoms with Gasteiger partial charge in [0.15, 0.2) is 0 Å². The third-order valence-electron chi connectivity index (χ3n) is 4.11. The number of hydrogen-bond donors (Lipinski definition) is 1. The van der Waals surface area contributed by atoms with Crippen LogP contribution >= 0.6 is 11.3 Å². The van der Waals surface area contributed by atoms with E-state index in [1.54, 1.807) is 17.4 Å². The van der Waals surface area contributed by atoms with Gasteiger partial charge in [0.25, 0.3) is 0 Å². The number of carboxylic acids is 1. The summed E-state index contributed by atoms with van der Waals surface area (Å²) in [7, 11) is 2.19. The minimum Gasteiger partial charge on any atom is -0.478 e. The first-order valence-corrected chi connectivity index (χ1v) is 8.12. The Hall–Kier alpha value is -1.13. The van der Waals surface area contributed by atoms with Gasteiger partial charge in [-0.3, -0.25) is 4.90 Å². The van der Waals surface area contributed by atoms with Gasteiger partial charge in [0, 0.05) is 23.5 Å². The molecule has 4 heteroatoms. The van der Waals surface area contributed by atoms with Gasteiger partial charge in [-0.2, -0.15) is 0 Å². The van der Waals surface area contributed by atoms with Gasteiger partial charge in [0.2, 0.25) is 0 Å². The Morgan fingerprint density at radius 1 is 1.55 bits per heavy atom. The van der Waals surface area contributed by atoms with Crippen molar-refractivity contribution in [2.45, 2.75) is 45.2 Å². The second-order valence-electron chi connectivity index (χ2n) is 5.81. The first kappa shape index (κ1) is 15.3. The van der Waals surface area contributed by atoms with Crippen molar-refractivity contribution >= 4 is 23.4 Å². The topological polar surface area (TPSA) is 40.5 Å². The first-order valence-electron chi connectivity index (χ1n) is 7.24. The Bertz CT molecular complexity index is 481. The zero-order valence-corrected chi connectivity index (χ0v) is 13.0. The van der Waals surface area contributed by atoms with Gasteiger partial charge in [-0.25, -0.2) is 4.79 Å². The largest absolute Gasteiger partial charge is 0.478 e. The van der Waals surface area contributed by atoms with E-state index in [1.807, 2.05) is 11.4 Å². The highest BCUT2D eigenvalue weighted by atomic mass is 32.1. The second kappa shape index (κ2) is 7.04. The van der Waals surface area contributed by atoms with Gasteiger partial charge in [0.1, 0.15) is 0 Å². The summed E-state index contributed by atoms with van der Waals surface area (Å²) in [4.78, 5) is 14.3. The summed E-state index contributed by atoms with van der Waals surface area (Å²) in [5, 5.41) is 10.8. The molecule has 2 unspecified atom stereocenters. The molecule has 0 saturated heterocycles. The van der Waals surface area contributed by atoms with Crippen LogP contribution in [0.1, 0.15) is 43.0 Å². The van der Waals surface area contributed by atoms with E-state index in [4.69, 9.17) is 5.11 Å². The molecule has 2 rings (SSSR count). The lowest BCUT2D eigenvalue weighted by molar-refractivity contribution is -0.131. The molecule has 0 aliphatic heterocycles. The van der Waals surface area contributed by atoms with Gasteiger partial charge >= 0.3 is 5.97 Å². The van der Waals surface area contributed by atoms with Crippen LogP contribution in [0.2, 0.25) is 0 Å². The van der Waals surface area contributed by atoms with E-state index in [1.165, 1.54) is 36.6 Å². The predicted molar refractivity (Wildman–Crippen MR) is 83.9 cm³/mol. The van der Waals surface area contributed by atoms with Crippen molar-refractivity contribution in [1.29, 1.82) is 0 Å². The van der Waals surface area contributed by atoms with Crippen LogP contribution in [0, 0.1) is 5.92 Å². The molecule has 2 atom stereocenters. The zero-order chi connectivity index (χ0) is 14.5. The molecule has 1 aliphatic carbocycles. The summed E-state index contributed by atoms with van der Waals surface area (Å²) >= 11 is 1.71. The molecule has 0 spiro atoms. The molecule has 3 nitrogen and oxygen atoms in total. The number of thiophene rings is 1. The summed E-state index contributed by atoms with van der Waals surface area (Å²) in [6, 6.07) is 2.66. The summed E-state index contributed by atoms with van der Waals surface area (Å²) in [6.45, 7) is 3.25. The molecule has 1 fully saturated rings. The fourth-order valence-electron chi connectivity index (χ4n) is 2.95. The molecular formula is C16H23NO2S. The number of rotatable bonds is 5. The molecule has 0 aromatic carbocycles. The summed E-state index contributed by atoms with van der Waals surface area (Å²) in [5.41, 5.74) is 1.04. The van der Waals surface area contributed by atoms with Crippen LogP contribution in [0.15, 0.2) is 17.5 Å². The van der Waals surface area contributed by atoms with Crippen LogP contribution < -0.4 is 0 Å². The maximum atomic E-state index is 10.6. The van der Waals surface area contributed by atoms with Crippen molar-refractivity contribution in [2.75, 3.05) is 7.05 Å². The van der Waals surface area contributed by atoms with Gasteiger partial charge in [-0.15, -0.1) is 11.3 Å². The fourth-order valence-corrected chi connectivity index (χ4v) is 3.88. The molecule has 110 valence electrons. The Balaban J connectivity index is 1.99. The van der Waals surface area contributed by atoms with Crippen LogP contribution in [0.3, 0.4) is 0 Å². The molecule has 1 aliphatic rings. The SMILES string of the molecule is CC1CCCC(N(C)Cc2sccc2C=CC(=O)O)C1. The van der Waals surface area contributed by atoms with Gasteiger partial charge in [-0.05, 0) is 48.9 Å². The van der Waals surface area contributed by atoms with Crippen LogP contribution in [-0.4, -0.2) is 29.1 Å². The Kier molecular flexibility index (Phi) is 5.38. The van der Waals surface area contributed by atoms with Crippen molar-refractivity contribution in [3.63, 3.8) is 0 Å². The number of carbonyl (C=O) groups is 1. The minimum atomic E-state index is -0.892. The number of aliphatic carboxylic acids is 1. The normalized spacial score (nSPS) is 23.6. The average Bonchev–Trinajstić information content (AvgIpc) is 2.83. The lowest BCUT2D eigenvalue weighted by atomic mass is 9.86. The molecule has 1 saturated carbocycles. The lowest BCUT2D eigenvalue weighted by Crippen LogP contribution is -2.35. The summed E-state index contributed by atoms with van der Waals surface area (Å²) in [6.07, 6.45) is 8.16. The molecule has 0 radical (unpaired) electrons. The minimum absolute atomic E-state index is 0.664. The zero-order valence-electron chi connectivity index (χ0n) is 12.2. The highest BCUT2D eigenvalue weighted by Gasteiger charge is 2.22. The molecule has 0 amide bonds. The van der Waals surface area contributed by atoms with E-state index in [0.717, 1.165) is 18.0 Å². The Labute approximate surface area is 124 Å². The van der Waals surface area contributed by atoms with E-state index in [-0.39, 0.29) is 0 Å².